The van der Waals surface area contributed by atoms with Crippen LogP contribution < -0.4 is 0 Å². The van der Waals surface area contributed by atoms with E-state index in [1.54, 1.807) is 0 Å². The SMILES string of the molecule is C=CC[C@H]1[C@@]23CCC=C[C@@H]2C[C@@](CO[Si](C)(C)C(C)(C)C)(C[C@@]1(C#Cc1ccccc1)O[Si](C)(C)C)O3. The molecule has 2 saturated heterocycles. The monoisotopic (exact) mass is 536 g/mol. The van der Waals surface area contributed by atoms with E-state index >= 15 is 0 Å². The van der Waals surface area contributed by atoms with Crippen LogP contribution in [0.5, 0.6) is 0 Å². The summed E-state index contributed by atoms with van der Waals surface area (Å²) in [4.78, 5) is 0. The van der Waals surface area contributed by atoms with Gasteiger partial charge in [-0.2, -0.15) is 0 Å². The zero-order valence-corrected chi connectivity index (χ0v) is 26.4. The summed E-state index contributed by atoms with van der Waals surface area (Å²) in [5.41, 5.74) is -0.286. The van der Waals surface area contributed by atoms with Crippen molar-refractivity contribution in [3.63, 3.8) is 0 Å². The molecule has 0 unspecified atom stereocenters. The third kappa shape index (κ3) is 5.65. The van der Waals surface area contributed by atoms with E-state index in [-0.39, 0.29) is 16.6 Å². The first-order valence-corrected chi connectivity index (χ1v) is 20.4. The highest BCUT2D eigenvalue weighted by atomic mass is 28.4. The van der Waals surface area contributed by atoms with Crippen molar-refractivity contribution in [2.75, 3.05) is 6.61 Å². The molecular formula is C32H48O3Si2. The van der Waals surface area contributed by atoms with E-state index < -0.39 is 27.8 Å². The fraction of sp³-hybridized carbons (Fsp3) is 0.625. The van der Waals surface area contributed by atoms with Crippen molar-refractivity contribution in [1.82, 2.24) is 0 Å². The quantitative estimate of drug-likeness (QED) is 0.200. The molecule has 37 heavy (non-hydrogen) atoms. The second kappa shape index (κ2) is 9.95. The Morgan fingerprint density at radius 2 is 1.84 bits per heavy atom. The van der Waals surface area contributed by atoms with E-state index in [4.69, 9.17) is 13.6 Å². The van der Waals surface area contributed by atoms with Gasteiger partial charge < -0.3 is 13.6 Å². The van der Waals surface area contributed by atoms with Crippen LogP contribution in [0.15, 0.2) is 55.1 Å². The summed E-state index contributed by atoms with van der Waals surface area (Å²) < 4.78 is 21.5. The summed E-state index contributed by atoms with van der Waals surface area (Å²) in [6.45, 7) is 23.3. The zero-order chi connectivity index (χ0) is 27.2. The molecule has 3 aliphatic rings. The molecule has 5 atom stereocenters. The van der Waals surface area contributed by atoms with Crippen LogP contribution in [-0.4, -0.2) is 40.0 Å². The molecule has 1 aliphatic carbocycles. The van der Waals surface area contributed by atoms with Gasteiger partial charge in [0.25, 0.3) is 0 Å². The van der Waals surface area contributed by atoms with E-state index in [9.17, 15) is 0 Å². The zero-order valence-electron chi connectivity index (χ0n) is 24.4. The summed E-state index contributed by atoms with van der Waals surface area (Å²) in [6, 6.07) is 10.3. The van der Waals surface area contributed by atoms with Crippen molar-refractivity contribution < 1.29 is 13.6 Å². The molecule has 2 aliphatic heterocycles. The average Bonchev–Trinajstić information content (AvgIpc) is 3.09. The van der Waals surface area contributed by atoms with Gasteiger partial charge in [-0.15, -0.1) is 6.58 Å². The summed E-state index contributed by atoms with van der Waals surface area (Å²) in [7, 11) is -3.95. The van der Waals surface area contributed by atoms with E-state index in [0.717, 1.165) is 37.7 Å². The number of allylic oxidation sites excluding steroid dienone is 2. The molecule has 5 heteroatoms. The average molecular weight is 537 g/mol. The number of ether oxygens (including phenoxy) is 1. The predicted octanol–water partition coefficient (Wildman–Crippen LogP) is 8.11. The third-order valence-corrected chi connectivity index (χ3v) is 14.5. The van der Waals surface area contributed by atoms with Gasteiger partial charge in [-0.25, -0.2) is 0 Å². The first kappa shape index (κ1) is 28.6. The van der Waals surface area contributed by atoms with Gasteiger partial charge >= 0.3 is 0 Å². The van der Waals surface area contributed by atoms with Crippen molar-refractivity contribution in [2.45, 2.75) is 107 Å². The second-order valence-electron chi connectivity index (χ2n) is 14.0. The molecule has 1 aromatic rings. The van der Waals surface area contributed by atoms with Gasteiger partial charge in [0.05, 0.1) is 17.8 Å². The van der Waals surface area contributed by atoms with E-state index in [2.05, 4.69) is 114 Å². The smallest absolute Gasteiger partial charge is 0.192 e. The largest absolute Gasteiger partial charge is 0.414 e. The summed E-state index contributed by atoms with van der Waals surface area (Å²) in [6.07, 6.45) is 11.4. The number of fused-ring (bicyclic) bond motifs is 1. The van der Waals surface area contributed by atoms with Gasteiger partial charge in [-0.1, -0.05) is 69.0 Å². The molecule has 0 aromatic heterocycles. The van der Waals surface area contributed by atoms with Crippen molar-refractivity contribution in [2.24, 2.45) is 11.8 Å². The van der Waals surface area contributed by atoms with Crippen LogP contribution in [0.4, 0.5) is 0 Å². The maximum Gasteiger partial charge on any atom is 0.192 e. The molecule has 2 bridgehead atoms. The first-order chi connectivity index (χ1) is 17.2. The lowest BCUT2D eigenvalue weighted by Crippen LogP contribution is -2.65. The molecule has 0 N–H and O–H groups in total. The molecule has 2 fully saturated rings. The van der Waals surface area contributed by atoms with Crippen LogP contribution in [0.25, 0.3) is 0 Å². The fourth-order valence-electron chi connectivity index (χ4n) is 6.47. The molecule has 202 valence electrons. The molecule has 0 amide bonds. The lowest BCUT2D eigenvalue weighted by Gasteiger charge is -2.57. The minimum absolute atomic E-state index is 0.124. The highest BCUT2D eigenvalue weighted by Crippen LogP contribution is 2.63. The fourth-order valence-corrected chi connectivity index (χ4v) is 8.89. The second-order valence-corrected chi connectivity index (χ2v) is 23.3. The minimum atomic E-state index is -1.98. The lowest BCUT2D eigenvalue weighted by molar-refractivity contribution is -0.238. The Morgan fingerprint density at radius 3 is 2.46 bits per heavy atom. The molecule has 1 spiro atoms. The lowest BCUT2D eigenvalue weighted by atomic mass is 9.64. The van der Waals surface area contributed by atoms with Crippen LogP contribution in [-0.2, 0) is 13.6 Å². The number of rotatable bonds is 7. The van der Waals surface area contributed by atoms with Crippen LogP contribution in [0.1, 0.15) is 58.4 Å². The molecule has 0 radical (unpaired) electrons. The molecule has 0 saturated carbocycles. The van der Waals surface area contributed by atoms with Gasteiger partial charge in [0.15, 0.2) is 16.6 Å². The topological polar surface area (TPSA) is 27.7 Å². The minimum Gasteiger partial charge on any atom is -0.414 e. The Kier molecular flexibility index (Phi) is 7.69. The van der Waals surface area contributed by atoms with E-state index in [1.165, 1.54) is 0 Å². The van der Waals surface area contributed by atoms with Crippen molar-refractivity contribution in [3.8, 4) is 11.8 Å². The van der Waals surface area contributed by atoms with Gasteiger partial charge in [0.2, 0.25) is 0 Å². The third-order valence-electron chi connectivity index (χ3n) is 9.02. The summed E-state index contributed by atoms with van der Waals surface area (Å²) >= 11 is 0. The molecular weight excluding hydrogens is 489 g/mol. The van der Waals surface area contributed by atoms with Crippen molar-refractivity contribution >= 4 is 16.6 Å². The molecule has 3 nitrogen and oxygen atoms in total. The Hall–Kier alpha value is -1.43. The van der Waals surface area contributed by atoms with Crippen LogP contribution in [0.3, 0.4) is 0 Å². The van der Waals surface area contributed by atoms with Gasteiger partial charge in [-0.05, 0) is 75.6 Å². The first-order valence-electron chi connectivity index (χ1n) is 14.1. The molecule has 2 heterocycles. The molecule has 1 aromatic carbocycles. The summed E-state index contributed by atoms with van der Waals surface area (Å²) in [5.74, 6) is 7.81. The van der Waals surface area contributed by atoms with Crippen LogP contribution >= 0.6 is 0 Å². The Bertz CT molecular complexity index is 1070. The Morgan fingerprint density at radius 1 is 1.14 bits per heavy atom. The Balaban J connectivity index is 1.85. The number of hydrogen-bond acceptors (Lipinski definition) is 3. The maximum atomic E-state index is 7.34. The predicted molar refractivity (Wildman–Crippen MR) is 160 cm³/mol. The molecule has 4 rings (SSSR count). The Labute approximate surface area is 228 Å². The van der Waals surface area contributed by atoms with E-state index in [0.29, 0.717) is 12.5 Å². The van der Waals surface area contributed by atoms with Gasteiger partial charge in [-0.3, -0.25) is 0 Å². The normalized spacial score (nSPS) is 33.4. The van der Waals surface area contributed by atoms with Gasteiger partial charge in [0.1, 0.15) is 5.60 Å². The number of benzene rings is 1. The maximum absolute atomic E-state index is 7.34. The highest BCUT2D eigenvalue weighted by Gasteiger charge is 2.70. The summed E-state index contributed by atoms with van der Waals surface area (Å²) in [5, 5.41) is 0.145. The van der Waals surface area contributed by atoms with Crippen LogP contribution in [0, 0.1) is 23.7 Å². The highest BCUT2D eigenvalue weighted by molar-refractivity contribution is 6.74. The van der Waals surface area contributed by atoms with Crippen molar-refractivity contribution in [1.29, 1.82) is 0 Å². The number of hydrogen-bond donors (Lipinski definition) is 0. The van der Waals surface area contributed by atoms with E-state index in [1.807, 2.05) is 6.07 Å². The van der Waals surface area contributed by atoms with Gasteiger partial charge in [0, 0.05) is 23.8 Å². The standard InChI is InChI=1S/C32H48O3Si2/c1-10-16-28-31(35-36(5,6)7,22-20-26-17-12-11-13-18-26)24-30(25-33-37(8,9)29(2,3)4)23-27-19-14-15-21-32(27,28)34-30/h10-14,17-19,27-28H,1,15-16,21,23-25H2,2-9H3/t27-,28-,30+,31-,32-/m1/s1. The van der Waals surface area contributed by atoms with Crippen molar-refractivity contribution in [3.05, 3.63) is 60.7 Å². The van der Waals surface area contributed by atoms with Crippen LogP contribution in [0.2, 0.25) is 37.8 Å².